The second-order valence-corrected chi connectivity index (χ2v) is 6.47. The van der Waals surface area contributed by atoms with Crippen LogP contribution < -0.4 is 10.1 Å². The van der Waals surface area contributed by atoms with Gasteiger partial charge in [-0.05, 0) is 24.6 Å². The van der Waals surface area contributed by atoms with Gasteiger partial charge in [0.1, 0.15) is 12.4 Å². The van der Waals surface area contributed by atoms with Crippen molar-refractivity contribution in [3.8, 4) is 5.75 Å². The van der Waals surface area contributed by atoms with Gasteiger partial charge in [-0.1, -0.05) is 56.3 Å². The highest BCUT2D eigenvalue weighted by molar-refractivity contribution is 5.96. The first kappa shape index (κ1) is 19.0. The van der Waals surface area contributed by atoms with Gasteiger partial charge in [-0.2, -0.15) is 0 Å². The van der Waals surface area contributed by atoms with Gasteiger partial charge in [-0.3, -0.25) is 4.79 Å². The molecule has 25 heavy (non-hydrogen) atoms. The predicted octanol–water partition coefficient (Wildman–Crippen LogP) is 3.81. The monoisotopic (exact) mass is 341 g/mol. The zero-order valence-electron chi connectivity index (χ0n) is 15.2. The van der Waals surface area contributed by atoms with Crippen molar-refractivity contribution >= 4 is 5.91 Å². The van der Waals surface area contributed by atoms with Crippen molar-refractivity contribution in [3.63, 3.8) is 0 Å². The normalized spacial score (nSPS) is 11.2. The summed E-state index contributed by atoms with van der Waals surface area (Å²) in [6.45, 7) is 8.31. The van der Waals surface area contributed by atoms with Crippen LogP contribution in [-0.4, -0.2) is 32.3 Å². The molecule has 2 aromatic rings. The molecule has 1 N–H and O–H groups in total. The Bertz CT molecular complexity index is 668. The Balaban J connectivity index is 1.99. The van der Waals surface area contributed by atoms with Gasteiger partial charge >= 0.3 is 0 Å². The summed E-state index contributed by atoms with van der Waals surface area (Å²) >= 11 is 0. The Hall–Kier alpha value is -2.33. The van der Waals surface area contributed by atoms with E-state index in [0.29, 0.717) is 37.7 Å². The van der Waals surface area contributed by atoms with E-state index < -0.39 is 0 Å². The summed E-state index contributed by atoms with van der Waals surface area (Å²) in [5, 5.41) is 3.03. The van der Waals surface area contributed by atoms with Crippen molar-refractivity contribution in [1.29, 1.82) is 0 Å². The maximum absolute atomic E-state index is 12.6. The molecule has 2 rings (SSSR count). The molecule has 0 spiro atoms. The minimum atomic E-state index is -0.151. The van der Waals surface area contributed by atoms with Crippen LogP contribution in [-0.2, 0) is 10.2 Å². The highest BCUT2D eigenvalue weighted by Gasteiger charge is 2.22. The number of hydrogen-bond acceptors (Lipinski definition) is 3. The lowest BCUT2D eigenvalue weighted by molar-refractivity contribution is 0.0929. The molecule has 0 fully saturated rings. The topological polar surface area (TPSA) is 47.6 Å². The summed E-state index contributed by atoms with van der Waals surface area (Å²) in [7, 11) is 0. The number of benzene rings is 2. The molecule has 0 radical (unpaired) electrons. The lowest BCUT2D eigenvalue weighted by Crippen LogP contribution is -2.36. The largest absolute Gasteiger partial charge is 0.490 e. The standard InChI is InChI=1S/C21H27NO3/c1-4-24-14-15-25-19-13-9-8-12-18(19)20(23)22-16-21(2,3)17-10-6-5-7-11-17/h5-13H,4,14-16H2,1-3H3,(H,22,23). The van der Waals surface area contributed by atoms with Crippen molar-refractivity contribution < 1.29 is 14.3 Å². The molecule has 1 amide bonds. The van der Waals surface area contributed by atoms with Crippen molar-refractivity contribution in [2.75, 3.05) is 26.4 Å². The van der Waals surface area contributed by atoms with Crippen molar-refractivity contribution in [3.05, 3.63) is 65.7 Å². The first-order valence-corrected chi connectivity index (χ1v) is 8.68. The van der Waals surface area contributed by atoms with Crippen LogP contribution in [0.4, 0.5) is 0 Å². The number of rotatable bonds is 9. The van der Waals surface area contributed by atoms with Gasteiger partial charge in [0, 0.05) is 18.6 Å². The van der Waals surface area contributed by atoms with E-state index in [1.165, 1.54) is 5.56 Å². The highest BCUT2D eigenvalue weighted by Crippen LogP contribution is 2.23. The van der Waals surface area contributed by atoms with Gasteiger partial charge in [0.05, 0.1) is 12.2 Å². The third-order valence-electron chi connectivity index (χ3n) is 4.07. The van der Waals surface area contributed by atoms with E-state index in [2.05, 4.69) is 31.3 Å². The summed E-state index contributed by atoms with van der Waals surface area (Å²) in [5.74, 6) is 0.452. The number of hydrogen-bond donors (Lipinski definition) is 1. The van der Waals surface area contributed by atoms with Gasteiger partial charge in [0.2, 0.25) is 0 Å². The Morgan fingerprint density at radius 2 is 1.68 bits per heavy atom. The maximum atomic E-state index is 12.6. The Kier molecular flexibility index (Phi) is 7.02. The number of nitrogens with one attached hydrogen (secondary N) is 1. The third kappa shape index (κ3) is 5.61. The van der Waals surface area contributed by atoms with E-state index >= 15 is 0 Å². The van der Waals surface area contributed by atoms with Crippen LogP contribution in [0.1, 0.15) is 36.7 Å². The SMILES string of the molecule is CCOCCOc1ccccc1C(=O)NCC(C)(C)c1ccccc1. The fraction of sp³-hybridized carbons (Fsp3) is 0.381. The zero-order chi connectivity index (χ0) is 18.1. The van der Waals surface area contributed by atoms with E-state index in [0.717, 1.165) is 0 Å². The highest BCUT2D eigenvalue weighted by atomic mass is 16.5. The smallest absolute Gasteiger partial charge is 0.255 e. The maximum Gasteiger partial charge on any atom is 0.255 e. The lowest BCUT2D eigenvalue weighted by atomic mass is 9.84. The molecule has 0 unspecified atom stereocenters. The fourth-order valence-electron chi connectivity index (χ4n) is 2.52. The van der Waals surface area contributed by atoms with Crippen LogP contribution in [0.5, 0.6) is 5.75 Å². The van der Waals surface area contributed by atoms with Crippen LogP contribution >= 0.6 is 0 Å². The van der Waals surface area contributed by atoms with Gasteiger partial charge in [0.25, 0.3) is 5.91 Å². The number of carbonyl (C=O) groups excluding carboxylic acids is 1. The molecular formula is C21H27NO3. The summed E-state index contributed by atoms with van der Waals surface area (Å²) in [5.41, 5.74) is 1.58. The first-order valence-electron chi connectivity index (χ1n) is 8.68. The van der Waals surface area contributed by atoms with E-state index in [9.17, 15) is 4.79 Å². The molecule has 0 aromatic heterocycles. The molecule has 0 heterocycles. The molecule has 0 bridgehead atoms. The van der Waals surface area contributed by atoms with Crippen LogP contribution in [0.15, 0.2) is 54.6 Å². The molecule has 134 valence electrons. The number of para-hydroxylation sites is 1. The van der Waals surface area contributed by atoms with Crippen molar-refractivity contribution in [2.45, 2.75) is 26.2 Å². The second kappa shape index (κ2) is 9.23. The van der Waals surface area contributed by atoms with Crippen molar-refractivity contribution in [1.82, 2.24) is 5.32 Å². The van der Waals surface area contributed by atoms with Crippen LogP contribution in [0, 0.1) is 0 Å². The molecule has 0 atom stereocenters. The Morgan fingerprint density at radius 3 is 2.40 bits per heavy atom. The third-order valence-corrected chi connectivity index (χ3v) is 4.07. The van der Waals surface area contributed by atoms with E-state index in [1.54, 1.807) is 6.07 Å². The molecule has 0 saturated carbocycles. The van der Waals surface area contributed by atoms with Crippen molar-refractivity contribution in [2.24, 2.45) is 0 Å². The fourth-order valence-corrected chi connectivity index (χ4v) is 2.52. The summed E-state index contributed by atoms with van der Waals surface area (Å²) in [6, 6.07) is 17.5. The molecular weight excluding hydrogens is 314 g/mol. The van der Waals surface area contributed by atoms with Crippen LogP contribution in [0.2, 0.25) is 0 Å². The number of carbonyl (C=O) groups is 1. The van der Waals surface area contributed by atoms with Crippen LogP contribution in [0.25, 0.3) is 0 Å². The van der Waals surface area contributed by atoms with Crippen LogP contribution in [0.3, 0.4) is 0 Å². The molecule has 4 nitrogen and oxygen atoms in total. The van der Waals surface area contributed by atoms with Gasteiger partial charge in [0.15, 0.2) is 0 Å². The van der Waals surface area contributed by atoms with Gasteiger partial charge < -0.3 is 14.8 Å². The lowest BCUT2D eigenvalue weighted by Gasteiger charge is -2.25. The quantitative estimate of drug-likeness (QED) is 0.706. The Morgan fingerprint density at radius 1 is 1.00 bits per heavy atom. The summed E-state index contributed by atoms with van der Waals surface area (Å²) in [4.78, 5) is 12.6. The van der Waals surface area contributed by atoms with E-state index in [4.69, 9.17) is 9.47 Å². The summed E-state index contributed by atoms with van der Waals surface area (Å²) in [6.07, 6.45) is 0. The van der Waals surface area contributed by atoms with E-state index in [1.807, 2.05) is 43.3 Å². The first-order chi connectivity index (χ1) is 12.0. The Labute approximate surface area is 150 Å². The van der Waals surface area contributed by atoms with Gasteiger partial charge in [-0.15, -0.1) is 0 Å². The zero-order valence-corrected chi connectivity index (χ0v) is 15.2. The predicted molar refractivity (Wildman–Crippen MR) is 100 cm³/mol. The molecule has 0 aliphatic rings. The average molecular weight is 341 g/mol. The summed E-state index contributed by atoms with van der Waals surface area (Å²) < 4.78 is 11.0. The average Bonchev–Trinajstić information content (AvgIpc) is 2.64. The second-order valence-electron chi connectivity index (χ2n) is 6.47. The molecule has 4 heteroatoms. The minimum Gasteiger partial charge on any atom is -0.490 e. The molecule has 0 aliphatic carbocycles. The molecule has 2 aromatic carbocycles. The van der Waals surface area contributed by atoms with Gasteiger partial charge in [-0.25, -0.2) is 0 Å². The van der Waals surface area contributed by atoms with E-state index in [-0.39, 0.29) is 11.3 Å². The minimum absolute atomic E-state index is 0.129. The molecule has 0 saturated heterocycles. The number of ether oxygens (including phenoxy) is 2. The molecule has 0 aliphatic heterocycles. The number of amides is 1.